The van der Waals surface area contributed by atoms with Gasteiger partial charge in [-0.2, -0.15) is 0 Å². The molecule has 0 unspecified atom stereocenters. The minimum Gasteiger partial charge on any atom is -0.375 e. The van der Waals surface area contributed by atoms with Crippen LogP contribution in [0.2, 0.25) is 0 Å². The van der Waals surface area contributed by atoms with Crippen LogP contribution in [-0.2, 0) is 13.0 Å². The number of nitro groups is 1. The van der Waals surface area contributed by atoms with Crippen LogP contribution in [0.15, 0.2) is 78.9 Å². The number of hydrogen-bond acceptors (Lipinski definition) is 7. The summed E-state index contributed by atoms with van der Waals surface area (Å²) in [6.07, 6.45) is 2.12. The Morgan fingerprint density at radius 2 is 1.62 bits per heavy atom. The van der Waals surface area contributed by atoms with Crippen molar-refractivity contribution < 1.29 is 4.92 Å². The minimum atomic E-state index is -0.324. The molecule has 4 aromatic rings. The number of benzene rings is 3. The molecule has 1 aliphatic rings. The Morgan fingerprint density at radius 3 is 2.30 bits per heavy atom. The molecule has 0 bridgehead atoms. The van der Waals surface area contributed by atoms with E-state index in [2.05, 4.69) is 46.3 Å². The molecule has 1 aromatic heterocycles. The lowest BCUT2D eigenvalue weighted by Gasteiger charge is -2.36. The number of nitro benzene ring substituents is 1. The van der Waals surface area contributed by atoms with Gasteiger partial charge in [0.25, 0.3) is 5.69 Å². The minimum absolute atomic E-state index is 0.0954. The predicted octanol–water partition coefficient (Wildman–Crippen LogP) is 6.61. The van der Waals surface area contributed by atoms with Crippen LogP contribution in [0.1, 0.15) is 23.8 Å². The molecule has 1 fully saturated rings. The second kappa shape index (κ2) is 11.4. The highest BCUT2D eigenvalue weighted by molar-refractivity contribution is 7.16. The highest BCUT2D eigenvalue weighted by Gasteiger charge is 2.24. The Hall–Kier alpha value is -3.91. The Labute approximate surface area is 221 Å². The molecule has 8 heteroatoms. The molecule has 0 amide bonds. The van der Waals surface area contributed by atoms with Crippen LogP contribution in [-0.4, -0.2) is 36.1 Å². The lowest BCUT2D eigenvalue weighted by Crippen LogP contribution is -2.46. The Bertz CT molecular complexity index is 1340. The van der Waals surface area contributed by atoms with Gasteiger partial charge in [-0.1, -0.05) is 74.0 Å². The van der Waals surface area contributed by atoms with E-state index in [1.807, 2.05) is 48.5 Å². The summed E-state index contributed by atoms with van der Waals surface area (Å²) in [4.78, 5) is 22.4. The summed E-state index contributed by atoms with van der Waals surface area (Å²) >= 11 is 1.81. The van der Waals surface area contributed by atoms with E-state index in [0.717, 1.165) is 61.1 Å². The van der Waals surface area contributed by atoms with Crippen molar-refractivity contribution in [3.8, 4) is 11.3 Å². The zero-order valence-corrected chi connectivity index (χ0v) is 21.8. The highest BCUT2D eigenvalue weighted by atomic mass is 32.1. The van der Waals surface area contributed by atoms with E-state index < -0.39 is 0 Å². The number of hydrogen-bond donors (Lipinski definition) is 1. The normalized spacial score (nSPS) is 13.5. The third-order valence-electron chi connectivity index (χ3n) is 6.63. The van der Waals surface area contributed by atoms with Crippen molar-refractivity contribution in [3.63, 3.8) is 0 Å². The van der Waals surface area contributed by atoms with E-state index in [-0.39, 0.29) is 10.6 Å². The number of thiazole rings is 1. The highest BCUT2D eigenvalue weighted by Crippen LogP contribution is 2.35. The van der Waals surface area contributed by atoms with E-state index >= 15 is 0 Å². The van der Waals surface area contributed by atoms with Crippen LogP contribution in [0.25, 0.3) is 11.3 Å². The molecular formula is C29H31N5O2S. The quantitative estimate of drug-likeness (QED) is 0.201. The standard InChI is InChI=1S/C29H31N5O2S/c1-2-9-27-28(23-12-7-4-8-13-23)31-29(37-27)33-18-16-32(17-19-33)24-14-15-26(34(35)36)25(20-24)30-21-22-10-5-3-6-11-22/h3-8,10-15,20,30H,2,9,16-19,21H2,1H3. The van der Waals surface area contributed by atoms with E-state index in [9.17, 15) is 10.1 Å². The van der Waals surface area contributed by atoms with Gasteiger partial charge in [-0.15, -0.1) is 11.3 Å². The molecule has 0 spiro atoms. The average Bonchev–Trinajstić information content (AvgIpc) is 3.37. The molecule has 0 radical (unpaired) electrons. The van der Waals surface area contributed by atoms with Crippen molar-refractivity contribution in [2.24, 2.45) is 0 Å². The van der Waals surface area contributed by atoms with Gasteiger partial charge >= 0.3 is 0 Å². The molecule has 190 valence electrons. The van der Waals surface area contributed by atoms with E-state index in [4.69, 9.17) is 4.98 Å². The first kappa shape index (κ1) is 24.8. The topological polar surface area (TPSA) is 74.5 Å². The van der Waals surface area contributed by atoms with Crippen molar-refractivity contribution in [1.82, 2.24) is 4.98 Å². The van der Waals surface area contributed by atoms with Crippen LogP contribution in [0.5, 0.6) is 0 Å². The predicted molar refractivity (Wildman–Crippen MR) is 153 cm³/mol. The van der Waals surface area contributed by atoms with E-state index in [1.54, 1.807) is 17.4 Å². The Kier molecular flexibility index (Phi) is 7.65. The summed E-state index contributed by atoms with van der Waals surface area (Å²) in [7, 11) is 0. The number of anilines is 3. The monoisotopic (exact) mass is 513 g/mol. The lowest BCUT2D eigenvalue weighted by atomic mass is 10.1. The van der Waals surface area contributed by atoms with Gasteiger partial charge in [-0.25, -0.2) is 4.98 Å². The van der Waals surface area contributed by atoms with Crippen LogP contribution in [0.4, 0.5) is 22.2 Å². The zero-order chi connectivity index (χ0) is 25.6. The molecular weight excluding hydrogens is 482 g/mol. The van der Waals surface area contributed by atoms with Gasteiger partial charge < -0.3 is 15.1 Å². The molecule has 0 aliphatic carbocycles. The summed E-state index contributed by atoms with van der Waals surface area (Å²) in [6, 6.07) is 25.7. The van der Waals surface area contributed by atoms with Gasteiger partial charge in [-0.05, 0) is 24.1 Å². The van der Waals surface area contributed by atoms with Gasteiger partial charge in [0.2, 0.25) is 0 Å². The van der Waals surface area contributed by atoms with Crippen molar-refractivity contribution in [3.05, 3.63) is 99.4 Å². The average molecular weight is 514 g/mol. The maximum atomic E-state index is 11.6. The van der Waals surface area contributed by atoms with Crippen LogP contribution >= 0.6 is 11.3 Å². The largest absolute Gasteiger partial charge is 0.375 e. The number of piperazine rings is 1. The van der Waals surface area contributed by atoms with Gasteiger partial charge in [-0.3, -0.25) is 10.1 Å². The van der Waals surface area contributed by atoms with Crippen molar-refractivity contribution in [2.75, 3.05) is 41.3 Å². The van der Waals surface area contributed by atoms with Crippen molar-refractivity contribution >= 4 is 33.5 Å². The van der Waals surface area contributed by atoms with E-state index in [0.29, 0.717) is 12.2 Å². The Balaban J connectivity index is 1.29. The number of nitrogens with zero attached hydrogens (tertiary/aromatic N) is 4. The molecule has 3 aromatic carbocycles. The summed E-state index contributed by atoms with van der Waals surface area (Å²) in [5.74, 6) is 0. The number of aromatic nitrogens is 1. The fourth-order valence-electron chi connectivity index (χ4n) is 4.66. The lowest BCUT2D eigenvalue weighted by molar-refractivity contribution is -0.384. The summed E-state index contributed by atoms with van der Waals surface area (Å²) in [5, 5.41) is 16.0. The molecule has 1 aliphatic heterocycles. The first-order valence-electron chi connectivity index (χ1n) is 12.7. The van der Waals surface area contributed by atoms with Gasteiger partial charge in [0, 0.05) is 54.9 Å². The molecule has 5 rings (SSSR count). The van der Waals surface area contributed by atoms with Crippen LogP contribution in [0, 0.1) is 10.1 Å². The van der Waals surface area contributed by atoms with E-state index in [1.165, 1.54) is 10.4 Å². The van der Waals surface area contributed by atoms with Crippen LogP contribution in [0.3, 0.4) is 0 Å². The Morgan fingerprint density at radius 1 is 0.946 bits per heavy atom. The third kappa shape index (κ3) is 5.75. The number of aryl methyl sites for hydroxylation is 1. The maximum absolute atomic E-state index is 11.6. The fraction of sp³-hybridized carbons (Fsp3) is 0.276. The van der Waals surface area contributed by atoms with Crippen molar-refractivity contribution in [1.29, 1.82) is 0 Å². The van der Waals surface area contributed by atoms with Gasteiger partial charge in [0.05, 0.1) is 10.6 Å². The molecule has 1 N–H and O–H groups in total. The molecule has 0 atom stereocenters. The molecule has 0 saturated carbocycles. The SMILES string of the molecule is CCCc1sc(N2CCN(c3ccc([N+](=O)[O-])c(NCc4ccccc4)c3)CC2)nc1-c1ccccc1. The fourth-order valence-corrected chi connectivity index (χ4v) is 5.90. The maximum Gasteiger partial charge on any atom is 0.292 e. The number of nitrogens with one attached hydrogen (secondary N) is 1. The zero-order valence-electron chi connectivity index (χ0n) is 21.0. The summed E-state index contributed by atoms with van der Waals surface area (Å²) < 4.78 is 0. The smallest absolute Gasteiger partial charge is 0.292 e. The first-order valence-corrected chi connectivity index (χ1v) is 13.6. The van der Waals surface area contributed by atoms with Crippen molar-refractivity contribution in [2.45, 2.75) is 26.3 Å². The molecule has 1 saturated heterocycles. The second-order valence-corrected chi connectivity index (χ2v) is 10.2. The molecule has 7 nitrogen and oxygen atoms in total. The number of rotatable bonds is 9. The van der Waals surface area contributed by atoms with Gasteiger partial charge in [0.15, 0.2) is 5.13 Å². The second-order valence-electron chi connectivity index (χ2n) is 9.16. The summed E-state index contributed by atoms with van der Waals surface area (Å²) in [6.45, 7) is 6.12. The molecule has 37 heavy (non-hydrogen) atoms. The first-order chi connectivity index (χ1) is 18.1. The third-order valence-corrected chi connectivity index (χ3v) is 7.80. The van der Waals surface area contributed by atoms with Crippen LogP contribution < -0.4 is 15.1 Å². The van der Waals surface area contributed by atoms with Gasteiger partial charge in [0.1, 0.15) is 5.69 Å². The summed E-state index contributed by atoms with van der Waals surface area (Å²) in [5.41, 5.74) is 5.00. The molecule has 2 heterocycles.